The number of aromatic nitrogens is 3. The molecule has 0 aliphatic rings. The molecule has 0 saturated carbocycles. The summed E-state index contributed by atoms with van der Waals surface area (Å²) in [6.45, 7) is 6.04. The molecule has 0 aliphatic carbocycles. The summed E-state index contributed by atoms with van der Waals surface area (Å²) in [7, 11) is 0. The maximum atomic E-state index is 12.3. The Morgan fingerprint density at radius 1 is 1.36 bits per heavy atom. The molecule has 0 radical (unpaired) electrons. The summed E-state index contributed by atoms with van der Waals surface area (Å²) in [6.07, 6.45) is 3.05. The first-order chi connectivity index (χ1) is 11.8. The molecular formula is C16H17N5O4. The number of hydrogen-bond acceptors (Lipinski definition) is 7. The highest BCUT2D eigenvalue weighted by atomic mass is 16.6. The van der Waals surface area contributed by atoms with Crippen LogP contribution in [0.25, 0.3) is 5.65 Å². The number of nitro groups is 1. The van der Waals surface area contributed by atoms with E-state index in [9.17, 15) is 14.9 Å². The summed E-state index contributed by atoms with van der Waals surface area (Å²) in [4.78, 5) is 31.2. The van der Waals surface area contributed by atoms with Crippen LogP contribution >= 0.6 is 0 Å². The van der Waals surface area contributed by atoms with Crippen molar-refractivity contribution in [1.82, 2.24) is 14.4 Å². The zero-order valence-electron chi connectivity index (χ0n) is 14.0. The highest BCUT2D eigenvalue weighted by molar-refractivity contribution is 5.59. The van der Waals surface area contributed by atoms with E-state index in [1.807, 2.05) is 20.8 Å². The third kappa shape index (κ3) is 3.21. The van der Waals surface area contributed by atoms with Gasteiger partial charge in [0.15, 0.2) is 0 Å². The van der Waals surface area contributed by atoms with Gasteiger partial charge in [0.2, 0.25) is 11.7 Å². The molecule has 1 N–H and O–H groups in total. The highest BCUT2D eigenvalue weighted by Gasteiger charge is 2.24. The minimum atomic E-state index is -0.749. The number of oxazole rings is 1. The Morgan fingerprint density at radius 3 is 2.76 bits per heavy atom. The van der Waals surface area contributed by atoms with Gasteiger partial charge in [0, 0.05) is 11.6 Å². The Kier molecular flexibility index (Phi) is 3.99. The van der Waals surface area contributed by atoms with Crippen molar-refractivity contribution in [2.75, 3.05) is 5.32 Å². The molecule has 0 saturated heterocycles. The minimum absolute atomic E-state index is 0.0758. The fourth-order valence-corrected chi connectivity index (χ4v) is 2.27. The predicted molar refractivity (Wildman–Crippen MR) is 90.6 cm³/mol. The lowest BCUT2D eigenvalue weighted by Gasteiger charge is -2.13. The summed E-state index contributed by atoms with van der Waals surface area (Å²) in [5.41, 5.74) is -1.26. The fourth-order valence-electron chi connectivity index (χ4n) is 2.27. The quantitative estimate of drug-likeness (QED) is 0.571. The summed E-state index contributed by atoms with van der Waals surface area (Å²) >= 11 is 0. The maximum Gasteiger partial charge on any atom is 0.376 e. The molecule has 9 heteroatoms. The van der Waals surface area contributed by atoms with Crippen molar-refractivity contribution in [1.29, 1.82) is 0 Å². The SMILES string of the molecule is CC(C)(C)c1cnc(CNc2nc3ccccn3c(=O)c2[N+](=O)[O-])o1. The van der Waals surface area contributed by atoms with Gasteiger partial charge in [0.1, 0.15) is 11.4 Å². The molecule has 3 aromatic heterocycles. The molecule has 0 spiro atoms. The van der Waals surface area contributed by atoms with E-state index in [0.717, 1.165) is 4.40 Å². The van der Waals surface area contributed by atoms with E-state index in [1.165, 1.54) is 6.20 Å². The van der Waals surface area contributed by atoms with Crippen LogP contribution in [0.1, 0.15) is 32.4 Å². The summed E-state index contributed by atoms with van der Waals surface area (Å²) < 4.78 is 6.76. The topological polar surface area (TPSA) is 116 Å². The second kappa shape index (κ2) is 6.00. The number of nitrogens with one attached hydrogen (secondary N) is 1. The molecule has 0 fully saturated rings. The van der Waals surface area contributed by atoms with Crippen LogP contribution in [0.5, 0.6) is 0 Å². The van der Waals surface area contributed by atoms with E-state index in [-0.39, 0.29) is 17.8 Å². The van der Waals surface area contributed by atoms with Gasteiger partial charge in [-0.3, -0.25) is 19.3 Å². The molecule has 0 amide bonds. The van der Waals surface area contributed by atoms with Crippen molar-refractivity contribution in [3.8, 4) is 0 Å². The largest absolute Gasteiger partial charge is 0.443 e. The first-order valence-corrected chi connectivity index (χ1v) is 7.62. The van der Waals surface area contributed by atoms with Crippen molar-refractivity contribution < 1.29 is 9.34 Å². The molecule has 0 bridgehead atoms. The van der Waals surface area contributed by atoms with Gasteiger partial charge < -0.3 is 9.73 Å². The third-order valence-electron chi connectivity index (χ3n) is 3.59. The van der Waals surface area contributed by atoms with Gasteiger partial charge in [-0.15, -0.1) is 0 Å². The number of anilines is 1. The molecule has 9 nitrogen and oxygen atoms in total. The monoisotopic (exact) mass is 343 g/mol. The minimum Gasteiger partial charge on any atom is -0.443 e. The number of rotatable bonds is 4. The molecule has 3 aromatic rings. The number of pyridine rings is 1. The summed E-state index contributed by atoms with van der Waals surface area (Å²) in [6, 6.07) is 4.90. The Hall–Kier alpha value is -3.23. The molecule has 0 atom stereocenters. The smallest absolute Gasteiger partial charge is 0.376 e. The van der Waals surface area contributed by atoms with Gasteiger partial charge in [-0.1, -0.05) is 26.8 Å². The molecule has 0 unspecified atom stereocenters. The van der Waals surface area contributed by atoms with Gasteiger partial charge in [0.25, 0.3) is 0 Å². The zero-order valence-corrected chi connectivity index (χ0v) is 14.0. The second-order valence-electron chi connectivity index (χ2n) is 6.52. The van der Waals surface area contributed by atoms with Crippen LogP contribution in [0.3, 0.4) is 0 Å². The normalized spacial score (nSPS) is 11.6. The van der Waals surface area contributed by atoms with E-state index >= 15 is 0 Å². The van der Waals surface area contributed by atoms with Gasteiger partial charge in [0.05, 0.1) is 17.7 Å². The summed E-state index contributed by atoms with van der Waals surface area (Å²) in [5.74, 6) is 0.941. The van der Waals surface area contributed by atoms with Crippen molar-refractivity contribution in [2.24, 2.45) is 0 Å². The van der Waals surface area contributed by atoms with Gasteiger partial charge in [-0.05, 0) is 12.1 Å². The Balaban J connectivity index is 1.95. The van der Waals surface area contributed by atoms with E-state index in [0.29, 0.717) is 17.3 Å². The van der Waals surface area contributed by atoms with Crippen molar-refractivity contribution in [3.05, 3.63) is 62.7 Å². The van der Waals surface area contributed by atoms with Crippen molar-refractivity contribution >= 4 is 17.2 Å². The van der Waals surface area contributed by atoms with Gasteiger partial charge in [-0.25, -0.2) is 9.97 Å². The average molecular weight is 343 g/mol. The molecule has 3 rings (SSSR count). The van der Waals surface area contributed by atoms with Crippen LogP contribution in [0.15, 0.2) is 39.8 Å². The van der Waals surface area contributed by atoms with E-state index in [4.69, 9.17) is 4.42 Å². The molecule has 130 valence electrons. The van der Waals surface area contributed by atoms with Crippen LogP contribution < -0.4 is 10.9 Å². The lowest BCUT2D eigenvalue weighted by molar-refractivity contribution is -0.385. The van der Waals surface area contributed by atoms with Crippen molar-refractivity contribution in [3.63, 3.8) is 0 Å². The van der Waals surface area contributed by atoms with Crippen LogP contribution in [-0.2, 0) is 12.0 Å². The van der Waals surface area contributed by atoms with E-state index in [2.05, 4.69) is 15.3 Å². The van der Waals surface area contributed by atoms with Crippen LogP contribution in [0.4, 0.5) is 11.5 Å². The van der Waals surface area contributed by atoms with Crippen LogP contribution in [-0.4, -0.2) is 19.3 Å². The Labute approximate surface area is 142 Å². The summed E-state index contributed by atoms with van der Waals surface area (Å²) in [5, 5.41) is 14.1. The predicted octanol–water partition coefficient (Wildman–Crippen LogP) is 2.50. The average Bonchev–Trinajstić information content (AvgIpc) is 3.02. The zero-order chi connectivity index (χ0) is 18.2. The Bertz CT molecular complexity index is 1000. The Morgan fingerprint density at radius 2 is 2.12 bits per heavy atom. The fraction of sp³-hybridized carbons (Fsp3) is 0.312. The molecule has 0 aromatic carbocycles. The number of fused-ring (bicyclic) bond motifs is 1. The van der Waals surface area contributed by atoms with Crippen LogP contribution in [0, 0.1) is 10.1 Å². The lowest BCUT2D eigenvalue weighted by atomic mass is 9.94. The number of nitrogens with zero attached hydrogens (tertiary/aromatic N) is 4. The number of hydrogen-bond donors (Lipinski definition) is 1. The molecule has 0 aliphatic heterocycles. The van der Waals surface area contributed by atoms with Crippen molar-refractivity contribution in [2.45, 2.75) is 32.7 Å². The third-order valence-corrected chi connectivity index (χ3v) is 3.59. The lowest BCUT2D eigenvalue weighted by Crippen LogP contribution is -2.21. The maximum absolute atomic E-state index is 12.3. The highest BCUT2D eigenvalue weighted by Crippen LogP contribution is 2.23. The molecule has 25 heavy (non-hydrogen) atoms. The first kappa shape index (κ1) is 16.6. The molecular weight excluding hydrogens is 326 g/mol. The molecule has 3 heterocycles. The standard InChI is InChI=1S/C16H17N5O4/c1-16(2,3)10-8-17-12(25-10)9-18-14-13(21(23)24)15(22)20-7-5-4-6-11(20)19-14/h4-8,18H,9H2,1-3H3. The van der Waals surface area contributed by atoms with E-state index < -0.39 is 16.2 Å². The first-order valence-electron chi connectivity index (χ1n) is 7.62. The van der Waals surface area contributed by atoms with Crippen LogP contribution in [0.2, 0.25) is 0 Å². The van der Waals surface area contributed by atoms with E-state index in [1.54, 1.807) is 24.4 Å². The van der Waals surface area contributed by atoms with Gasteiger partial charge in [-0.2, -0.15) is 0 Å². The van der Waals surface area contributed by atoms with Gasteiger partial charge >= 0.3 is 11.2 Å². The second-order valence-corrected chi connectivity index (χ2v) is 6.52.